The fourth-order valence-electron chi connectivity index (χ4n) is 1.90. The van der Waals surface area contributed by atoms with Gasteiger partial charge in [0.1, 0.15) is 5.82 Å². The van der Waals surface area contributed by atoms with Crippen molar-refractivity contribution in [2.75, 3.05) is 12.4 Å². The number of hydrogen-bond donors (Lipinski definition) is 1. The first-order valence-electron chi connectivity index (χ1n) is 5.65. The lowest BCUT2D eigenvalue weighted by atomic mass is 9.98. The second-order valence-electron chi connectivity index (χ2n) is 4.02. The van der Waals surface area contributed by atoms with Crippen LogP contribution in [0.5, 0.6) is 0 Å². The standard InChI is InChI=1S/C15H12BrClFN/c1-9(12-8-10(18)6-7-14(12)17)11-4-3-5-13(16)15(11)19-2/h3-8,19H,1H2,2H3. The van der Waals surface area contributed by atoms with Crippen molar-refractivity contribution in [3.8, 4) is 0 Å². The maximum Gasteiger partial charge on any atom is 0.123 e. The summed E-state index contributed by atoms with van der Waals surface area (Å²) in [6.07, 6.45) is 0. The minimum atomic E-state index is -0.332. The molecule has 1 N–H and O–H groups in total. The van der Waals surface area contributed by atoms with Gasteiger partial charge in [0.05, 0.1) is 5.69 Å². The Morgan fingerprint density at radius 1 is 1.26 bits per heavy atom. The average molecular weight is 341 g/mol. The van der Waals surface area contributed by atoms with E-state index in [0.717, 1.165) is 15.7 Å². The zero-order valence-corrected chi connectivity index (χ0v) is 12.6. The maximum absolute atomic E-state index is 13.4. The fraction of sp³-hybridized carbons (Fsp3) is 0.0667. The Morgan fingerprint density at radius 2 is 2.00 bits per heavy atom. The van der Waals surface area contributed by atoms with Crippen LogP contribution in [0.4, 0.5) is 10.1 Å². The van der Waals surface area contributed by atoms with Crippen LogP contribution in [0.25, 0.3) is 5.57 Å². The molecule has 1 nitrogen and oxygen atoms in total. The molecule has 0 saturated heterocycles. The molecular formula is C15H12BrClFN. The van der Waals surface area contributed by atoms with E-state index in [1.54, 1.807) is 0 Å². The summed E-state index contributed by atoms with van der Waals surface area (Å²) in [6.45, 7) is 4.03. The number of hydrogen-bond acceptors (Lipinski definition) is 1. The molecule has 0 radical (unpaired) electrons. The van der Waals surface area contributed by atoms with Gasteiger partial charge < -0.3 is 5.32 Å². The highest BCUT2D eigenvalue weighted by atomic mass is 79.9. The zero-order chi connectivity index (χ0) is 14.0. The molecule has 0 aliphatic carbocycles. The highest BCUT2D eigenvalue weighted by Crippen LogP contribution is 2.35. The first-order valence-corrected chi connectivity index (χ1v) is 6.82. The molecule has 0 amide bonds. The Kier molecular flexibility index (Phi) is 4.27. The van der Waals surface area contributed by atoms with Crippen LogP contribution in [-0.4, -0.2) is 7.05 Å². The van der Waals surface area contributed by atoms with Crippen molar-refractivity contribution < 1.29 is 4.39 Å². The Morgan fingerprint density at radius 3 is 2.68 bits per heavy atom. The predicted molar refractivity (Wildman–Crippen MR) is 83.2 cm³/mol. The van der Waals surface area contributed by atoms with Gasteiger partial charge in [0, 0.05) is 27.7 Å². The number of benzene rings is 2. The Hall–Kier alpha value is -1.32. The van der Waals surface area contributed by atoms with E-state index in [2.05, 4.69) is 27.8 Å². The van der Waals surface area contributed by atoms with Crippen LogP contribution in [0, 0.1) is 5.82 Å². The number of para-hydroxylation sites is 1. The smallest absolute Gasteiger partial charge is 0.123 e. The van der Waals surface area contributed by atoms with Gasteiger partial charge in [0.25, 0.3) is 0 Å². The van der Waals surface area contributed by atoms with E-state index in [9.17, 15) is 4.39 Å². The number of nitrogens with one attached hydrogen (secondary N) is 1. The molecule has 0 atom stereocenters. The quantitative estimate of drug-likeness (QED) is 0.794. The van der Waals surface area contributed by atoms with E-state index in [0.29, 0.717) is 16.2 Å². The number of rotatable bonds is 3. The fourth-order valence-corrected chi connectivity index (χ4v) is 2.70. The predicted octanol–water partition coefficient (Wildman–Crippen LogP) is 5.34. The van der Waals surface area contributed by atoms with Gasteiger partial charge in [-0.2, -0.15) is 0 Å². The van der Waals surface area contributed by atoms with Crippen LogP contribution in [0.1, 0.15) is 11.1 Å². The van der Waals surface area contributed by atoms with Gasteiger partial charge in [-0.25, -0.2) is 4.39 Å². The van der Waals surface area contributed by atoms with Crippen LogP contribution in [0.15, 0.2) is 47.4 Å². The first kappa shape index (κ1) is 14.1. The summed E-state index contributed by atoms with van der Waals surface area (Å²) in [5.41, 5.74) is 3.05. The van der Waals surface area contributed by atoms with Crippen LogP contribution in [-0.2, 0) is 0 Å². The molecule has 2 aromatic carbocycles. The van der Waals surface area contributed by atoms with Gasteiger partial charge in [-0.1, -0.05) is 30.3 Å². The number of anilines is 1. The second-order valence-corrected chi connectivity index (χ2v) is 5.28. The molecule has 0 fully saturated rings. The summed E-state index contributed by atoms with van der Waals surface area (Å²) in [7, 11) is 1.82. The summed E-state index contributed by atoms with van der Waals surface area (Å²) in [4.78, 5) is 0. The molecular weight excluding hydrogens is 329 g/mol. The molecule has 0 aliphatic heterocycles. The Balaban J connectivity index is 2.56. The van der Waals surface area contributed by atoms with Crippen molar-refractivity contribution in [3.63, 3.8) is 0 Å². The summed E-state index contributed by atoms with van der Waals surface area (Å²) in [5.74, 6) is -0.332. The monoisotopic (exact) mass is 339 g/mol. The average Bonchev–Trinajstić information content (AvgIpc) is 2.40. The van der Waals surface area contributed by atoms with Crippen LogP contribution in [0.2, 0.25) is 5.02 Å². The highest BCUT2D eigenvalue weighted by molar-refractivity contribution is 9.10. The van der Waals surface area contributed by atoms with Crippen molar-refractivity contribution in [3.05, 3.63) is 69.4 Å². The lowest BCUT2D eigenvalue weighted by Crippen LogP contribution is -1.97. The third kappa shape index (κ3) is 2.82. The van der Waals surface area contributed by atoms with Gasteiger partial charge in [-0.05, 0) is 45.8 Å². The van der Waals surface area contributed by atoms with Crippen molar-refractivity contribution >= 4 is 38.8 Å². The highest BCUT2D eigenvalue weighted by Gasteiger charge is 2.13. The molecule has 0 spiro atoms. The molecule has 98 valence electrons. The minimum Gasteiger partial charge on any atom is -0.387 e. The van der Waals surface area contributed by atoms with Gasteiger partial charge in [-0.15, -0.1) is 0 Å². The van der Waals surface area contributed by atoms with Crippen LogP contribution >= 0.6 is 27.5 Å². The molecule has 0 unspecified atom stereocenters. The largest absolute Gasteiger partial charge is 0.387 e. The molecule has 0 bridgehead atoms. The lowest BCUT2D eigenvalue weighted by molar-refractivity contribution is 0.627. The normalized spacial score (nSPS) is 10.3. The third-order valence-electron chi connectivity index (χ3n) is 2.84. The molecule has 2 rings (SSSR count). The Bertz CT molecular complexity index is 640. The first-order chi connectivity index (χ1) is 9.04. The SMILES string of the molecule is C=C(c1cc(F)ccc1Cl)c1cccc(Br)c1NC. The summed E-state index contributed by atoms with van der Waals surface area (Å²) >= 11 is 9.59. The van der Waals surface area contributed by atoms with Gasteiger partial charge in [0.2, 0.25) is 0 Å². The summed E-state index contributed by atoms with van der Waals surface area (Å²) in [6, 6.07) is 10.0. The second kappa shape index (κ2) is 5.76. The topological polar surface area (TPSA) is 12.0 Å². The van der Waals surface area contributed by atoms with Crippen molar-refractivity contribution in [2.24, 2.45) is 0 Å². The summed E-state index contributed by atoms with van der Waals surface area (Å²) in [5, 5.41) is 3.58. The molecule has 2 aromatic rings. The third-order valence-corrected chi connectivity index (χ3v) is 3.83. The lowest BCUT2D eigenvalue weighted by Gasteiger charge is -2.14. The summed E-state index contributed by atoms with van der Waals surface area (Å²) < 4.78 is 14.3. The molecule has 0 aliphatic rings. The van der Waals surface area contributed by atoms with E-state index in [1.165, 1.54) is 18.2 Å². The maximum atomic E-state index is 13.4. The van der Waals surface area contributed by atoms with Crippen molar-refractivity contribution in [1.29, 1.82) is 0 Å². The molecule has 0 saturated carbocycles. The van der Waals surface area contributed by atoms with Crippen molar-refractivity contribution in [2.45, 2.75) is 0 Å². The molecule has 19 heavy (non-hydrogen) atoms. The van der Waals surface area contributed by atoms with Crippen LogP contribution < -0.4 is 5.32 Å². The van der Waals surface area contributed by atoms with Crippen molar-refractivity contribution in [1.82, 2.24) is 0 Å². The van der Waals surface area contributed by atoms with Gasteiger partial charge in [-0.3, -0.25) is 0 Å². The Labute approximate surface area is 125 Å². The molecule has 0 heterocycles. The van der Waals surface area contributed by atoms with Gasteiger partial charge in [0.15, 0.2) is 0 Å². The van der Waals surface area contributed by atoms with E-state index in [4.69, 9.17) is 11.6 Å². The van der Waals surface area contributed by atoms with Gasteiger partial charge >= 0.3 is 0 Å². The van der Waals surface area contributed by atoms with E-state index >= 15 is 0 Å². The molecule has 4 heteroatoms. The van der Waals surface area contributed by atoms with Crippen LogP contribution in [0.3, 0.4) is 0 Å². The van der Waals surface area contributed by atoms with E-state index < -0.39 is 0 Å². The van der Waals surface area contributed by atoms with E-state index in [-0.39, 0.29) is 5.82 Å². The molecule has 0 aromatic heterocycles. The van der Waals surface area contributed by atoms with E-state index in [1.807, 2.05) is 25.2 Å². The number of halogens is 3. The zero-order valence-electron chi connectivity index (χ0n) is 10.3. The minimum absolute atomic E-state index is 0.332.